The van der Waals surface area contributed by atoms with Gasteiger partial charge in [0.05, 0.1) is 22.1 Å². The second-order valence-corrected chi connectivity index (χ2v) is 31.2. The molecule has 22 aromatic rings. The van der Waals surface area contributed by atoms with Crippen molar-refractivity contribution in [3.05, 3.63) is 425 Å². The summed E-state index contributed by atoms with van der Waals surface area (Å²) in [5.41, 5.74) is 31.4. The Morgan fingerprint density at radius 3 is 0.830 bits per heavy atom. The number of benzene rings is 18. The van der Waals surface area contributed by atoms with Crippen LogP contribution in [0.1, 0.15) is 0 Å². The van der Waals surface area contributed by atoms with Crippen LogP contribution in [-0.4, -0.2) is 9.13 Å². The average molecular weight is 1460 g/mol. The van der Waals surface area contributed by atoms with Crippen LogP contribution in [0.4, 0.5) is 0 Å². The van der Waals surface area contributed by atoms with Gasteiger partial charge in [-0.3, -0.25) is 0 Å². The first-order chi connectivity index (χ1) is 55.5. The summed E-state index contributed by atoms with van der Waals surface area (Å²) in [6.45, 7) is 0. The molecule has 0 saturated heterocycles. The van der Waals surface area contributed by atoms with Crippen LogP contribution in [0.25, 0.3) is 207 Å². The second-order valence-electron chi connectivity index (χ2n) is 29.1. The maximum Gasteiger partial charge on any atom is 0.0541 e. The summed E-state index contributed by atoms with van der Waals surface area (Å²) in [5.74, 6) is 0. The van der Waals surface area contributed by atoms with Crippen LogP contribution in [0, 0.1) is 0 Å². The highest BCUT2D eigenvalue weighted by Gasteiger charge is 2.21. The molecule has 22 rings (SSSR count). The highest BCUT2D eigenvalue weighted by atomic mass is 32.1. The lowest BCUT2D eigenvalue weighted by molar-refractivity contribution is 1.18. The van der Waals surface area contributed by atoms with Crippen LogP contribution >= 0.6 is 22.7 Å². The number of hydrogen-bond donors (Lipinski definition) is 0. The Kier molecular flexibility index (Phi) is 16.7. The van der Waals surface area contributed by atoms with Crippen molar-refractivity contribution in [2.24, 2.45) is 0 Å². The third-order valence-corrected chi connectivity index (χ3v) is 24.8. The zero-order chi connectivity index (χ0) is 74.0. The Morgan fingerprint density at radius 2 is 0.402 bits per heavy atom. The minimum absolute atomic E-state index is 1.16. The molecule has 0 fully saturated rings. The fourth-order valence-corrected chi connectivity index (χ4v) is 19.4. The van der Waals surface area contributed by atoms with E-state index in [1.165, 1.54) is 195 Å². The molecule has 0 amide bonds. The Morgan fingerprint density at radius 1 is 0.143 bits per heavy atom. The molecule has 4 heterocycles. The quantitative estimate of drug-likeness (QED) is 0.115. The molecule has 18 aromatic carbocycles. The number of rotatable bonds is 12. The largest absolute Gasteiger partial charge is 0.309 e. The summed E-state index contributed by atoms with van der Waals surface area (Å²) >= 11 is 3.77. The first kappa shape index (κ1) is 66.2. The summed E-state index contributed by atoms with van der Waals surface area (Å²) in [6.07, 6.45) is 0. The number of hydrogen-bond acceptors (Lipinski definition) is 2. The second kappa shape index (κ2) is 28.2. The van der Waals surface area contributed by atoms with Crippen molar-refractivity contribution in [2.45, 2.75) is 0 Å². The van der Waals surface area contributed by atoms with Crippen LogP contribution in [0.3, 0.4) is 0 Å². The number of para-hydroxylation sites is 2. The van der Waals surface area contributed by atoms with Gasteiger partial charge < -0.3 is 9.13 Å². The van der Waals surface area contributed by atoms with E-state index in [4.69, 9.17) is 0 Å². The fraction of sp³-hybridized carbons (Fsp3) is 0. The lowest BCUT2D eigenvalue weighted by atomic mass is 9.91. The van der Waals surface area contributed by atoms with Gasteiger partial charge in [0.25, 0.3) is 0 Å². The van der Waals surface area contributed by atoms with Crippen molar-refractivity contribution in [2.75, 3.05) is 0 Å². The monoisotopic (exact) mass is 1460 g/mol. The van der Waals surface area contributed by atoms with Gasteiger partial charge in [-0.2, -0.15) is 0 Å². The maximum absolute atomic E-state index is 2.42. The molecule has 0 atom stereocenters. The van der Waals surface area contributed by atoms with Gasteiger partial charge in [-0.05, 0) is 227 Å². The summed E-state index contributed by atoms with van der Waals surface area (Å²) in [6, 6.07) is 155. The predicted octanol–water partition coefficient (Wildman–Crippen LogP) is 31.0. The molecule has 0 aliphatic rings. The molecule has 4 aromatic heterocycles. The van der Waals surface area contributed by atoms with E-state index in [2.05, 4.69) is 434 Å². The van der Waals surface area contributed by atoms with Gasteiger partial charge in [-0.15, -0.1) is 22.7 Å². The molecular weight excluding hydrogens is 1390 g/mol. The number of thiophene rings is 2. The zero-order valence-corrected chi connectivity index (χ0v) is 62.8. The lowest BCUT2D eigenvalue weighted by Gasteiger charge is -2.14. The summed E-state index contributed by atoms with van der Waals surface area (Å²) in [4.78, 5) is 0. The van der Waals surface area contributed by atoms with Crippen molar-refractivity contribution < 1.29 is 0 Å². The fourth-order valence-electron chi connectivity index (χ4n) is 16.9. The highest BCUT2D eigenvalue weighted by Crippen LogP contribution is 2.47. The van der Waals surface area contributed by atoms with Crippen molar-refractivity contribution in [1.29, 1.82) is 0 Å². The third kappa shape index (κ3) is 12.1. The lowest BCUT2D eigenvalue weighted by Crippen LogP contribution is -1.94. The average Bonchev–Trinajstić information content (AvgIpc) is 1.59. The van der Waals surface area contributed by atoms with Crippen molar-refractivity contribution in [3.63, 3.8) is 0 Å². The molecule has 4 heteroatoms. The van der Waals surface area contributed by atoms with E-state index in [1.54, 1.807) is 0 Å². The Labute approximate surface area is 658 Å². The van der Waals surface area contributed by atoms with Crippen LogP contribution in [-0.2, 0) is 0 Å². The van der Waals surface area contributed by atoms with E-state index in [1.807, 2.05) is 22.7 Å². The van der Waals surface area contributed by atoms with Gasteiger partial charge in [0.2, 0.25) is 0 Å². The first-order valence-corrected chi connectivity index (χ1v) is 40.0. The van der Waals surface area contributed by atoms with E-state index in [-0.39, 0.29) is 0 Å². The molecule has 0 aliphatic heterocycles. The Balaban J connectivity index is 0.000000141. The van der Waals surface area contributed by atoms with Crippen LogP contribution in [0.15, 0.2) is 425 Å². The van der Waals surface area contributed by atoms with E-state index in [0.717, 1.165) is 11.4 Å². The van der Waals surface area contributed by atoms with Gasteiger partial charge in [0, 0.05) is 73.3 Å². The Hall–Kier alpha value is -14.0. The molecule has 0 aliphatic carbocycles. The standard InChI is InChI=1S/2C54H35NS/c1-3-14-36(15-4-1)38-18-11-19-39(30-38)42-31-43(33-44(32-42)46-24-13-25-49-48-23-8-10-27-53(48)56-54(46)49)41-28-29-52-50(35-41)47-22-7-9-26-51(47)55(52)45-21-12-20-40(34-45)37-16-5-2-6-17-37;1-3-13-36(14-4-1)38-25-27-39(28-26-38)42-31-43(33-44(32-42)46-21-12-22-49-48-20-8-10-24-53(48)56-54(46)49)41-29-30-52-50(35-41)47-19-7-9-23-51(47)55(52)45-18-11-17-40(34-45)37-15-5-2-6-16-37/h2*1-35H. The molecule has 0 unspecified atom stereocenters. The highest BCUT2D eigenvalue weighted by molar-refractivity contribution is 7.26. The number of nitrogens with zero attached hydrogens (tertiary/aromatic N) is 2. The van der Waals surface area contributed by atoms with Crippen LogP contribution in [0.5, 0.6) is 0 Å². The molecule has 524 valence electrons. The molecule has 0 N–H and O–H groups in total. The van der Waals surface area contributed by atoms with E-state index >= 15 is 0 Å². The summed E-state index contributed by atoms with van der Waals surface area (Å²) in [7, 11) is 0. The summed E-state index contributed by atoms with van der Waals surface area (Å²) < 4.78 is 10.1. The minimum Gasteiger partial charge on any atom is -0.309 e. The van der Waals surface area contributed by atoms with Gasteiger partial charge in [0.1, 0.15) is 0 Å². The molecule has 0 spiro atoms. The van der Waals surface area contributed by atoms with Gasteiger partial charge in [-0.1, -0.05) is 309 Å². The van der Waals surface area contributed by atoms with Crippen LogP contribution in [0.2, 0.25) is 0 Å². The van der Waals surface area contributed by atoms with Gasteiger partial charge in [0.15, 0.2) is 0 Å². The van der Waals surface area contributed by atoms with E-state index < -0.39 is 0 Å². The molecule has 112 heavy (non-hydrogen) atoms. The number of fused-ring (bicyclic) bond motifs is 12. The zero-order valence-electron chi connectivity index (χ0n) is 61.1. The van der Waals surface area contributed by atoms with E-state index in [9.17, 15) is 0 Å². The van der Waals surface area contributed by atoms with Crippen molar-refractivity contribution in [1.82, 2.24) is 9.13 Å². The van der Waals surface area contributed by atoms with E-state index in [0.29, 0.717) is 0 Å². The molecular formula is C108H70N2S2. The van der Waals surface area contributed by atoms with Gasteiger partial charge in [-0.25, -0.2) is 0 Å². The smallest absolute Gasteiger partial charge is 0.0541 e. The molecule has 0 radical (unpaired) electrons. The normalized spacial score (nSPS) is 11.6. The molecule has 2 nitrogen and oxygen atoms in total. The predicted molar refractivity (Wildman–Crippen MR) is 482 cm³/mol. The Bertz CT molecular complexity index is 7350. The topological polar surface area (TPSA) is 9.86 Å². The first-order valence-electron chi connectivity index (χ1n) is 38.3. The maximum atomic E-state index is 2.42. The summed E-state index contributed by atoms with van der Waals surface area (Å²) in [5, 5.41) is 10.2. The van der Waals surface area contributed by atoms with Crippen molar-refractivity contribution in [3.8, 4) is 123 Å². The SMILES string of the molecule is c1ccc(-c2ccc(-c3cc(-c4ccc5c(c4)c4ccccc4n5-c4cccc(-c5ccccc5)c4)cc(-c4cccc5c4sc4ccccc45)c3)cc2)cc1.c1ccc(-c2cccc(-c3cc(-c4ccc5c(c4)c4ccccc4n5-c4cccc(-c5ccccc5)c4)cc(-c4cccc5c4sc4ccccc45)c3)c2)cc1. The van der Waals surface area contributed by atoms with Crippen LogP contribution < -0.4 is 0 Å². The minimum atomic E-state index is 1.16. The van der Waals surface area contributed by atoms with Gasteiger partial charge >= 0.3 is 0 Å². The van der Waals surface area contributed by atoms with Crippen molar-refractivity contribution >= 4 is 107 Å². The molecule has 0 bridgehead atoms. The molecule has 0 saturated carbocycles. The third-order valence-electron chi connectivity index (χ3n) is 22.4. The number of aromatic nitrogens is 2.